The minimum absolute atomic E-state index is 0.300. The van der Waals surface area contributed by atoms with E-state index in [0.29, 0.717) is 17.2 Å². The molecule has 1 saturated carbocycles. The molecule has 0 radical (unpaired) electrons. The highest BCUT2D eigenvalue weighted by Crippen LogP contribution is 2.24. The van der Waals surface area contributed by atoms with E-state index < -0.39 is 0 Å². The van der Waals surface area contributed by atoms with Gasteiger partial charge in [0.1, 0.15) is 5.15 Å². The molecular formula is C12H17ClN2. The molecule has 0 saturated heterocycles. The normalized spacial score (nSPS) is 19.3. The van der Waals surface area contributed by atoms with Gasteiger partial charge in [-0.3, -0.25) is 0 Å². The Hall–Kier alpha value is -0.600. The number of rotatable bonds is 3. The van der Waals surface area contributed by atoms with Crippen LogP contribution in [0.3, 0.4) is 0 Å². The summed E-state index contributed by atoms with van der Waals surface area (Å²) in [4.78, 5) is 4.10. The molecule has 1 aromatic rings. The topological polar surface area (TPSA) is 24.9 Å². The van der Waals surface area contributed by atoms with Crippen molar-refractivity contribution in [3.8, 4) is 0 Å². The van der Waals surface area contributed by atoms with Crippen LogP contribution < -0.4 is 5.32 Å². The summed E-state index contributed by atoms with van der Waals surface area (Å²) in [5.74, 6) is 0. The lowest BCUT2D eigenvalue weighted by Crippen LogP contribution is -2.29. The van der Waals surface area contributed by atoms with Gasteiger partial charge >= 0.3 is 0 Å². The van der Waals surface area contributed by atoms with Gasteiger partial charge in [0.2, 0.25) is 0 Å². The molecular weight excluding hydrogens is 208 g/mol. The first-order valence-corrected chi connectivity index (χ1v) is 6.01. The van der Waals surface area contributed by atoms with Crippen molar-refractivity contribution in [1.29, 1.82) is 0 Å². The van der Waals surface area contributed by atoms with E-state index in [1.54, 1.807) is 6.20 Å². The molecule has 1 unspecified atom stereocenters. The molecule has 0 aromatic carbocycles. The van der Waals surface area contributed by atoms with Crippen molar-refractivity contribution in [3.05, 3.63) is 29.0 Å². The monoisotopic (exact) mass is 224 g/mol. The molecule has 1 aliphatic carbocycles. The van der Waals surface area contributed by atoms with Gasteiger partial charge in [-0.1, -0.05) is 30.5 Å². The fourth-order valence-corrected chi connectivity index (χ4v) is 2.54. The summed E-state index contributed by atoms with van der Waals surface area (Å²) >= 11 is 6.05. The summed E-state index contributed by atoms with van der Waals surface area (Å²) in [6.07, 6.45) is 7.02. The Labute approximate surface area is 96.1 Å². The van der Waals surface area contributed by atoms with Crippen LogP contribution in [0.4, 0.5) is 0 Å². The first kappa shape index (κ1) is 10.9. The summed E-state index contributed by atoms with van der Waals surface area (Å²) < 4.78 is 0. The van der Waals surface area contributed by atoms with Gasteiger partial charge in [-0.15, -0.1) is 0 Å². The number of nitrogens with one attached hydrogen (secondary N) is 1. The number of halogens is 1. The van der Waals surface area contributed by atoms with Crippen LogP contribution in [0.5, 0.6) is 0 Å². The third-order valence-corrected chi connectivity index (χ3v) is 3.41. The summed E-state index contributed by atoms with van der Waals surface area (Å²) in [5.41, 5.74) is 1.10. The van der Waals surface area contributed by atoms with Crippen LogP contribution in [0.1, 0.15) is 44.2 Å². The van der Waals surface area contributed by atoms with Crippen LogP contribution in [0.2, 0.25) is 5.15 Å². The lowest BCUT2D eigenvalue weighted by atomic mass is 10.1. The molecule has 1 aromatic heterocycles. The summed E-state index contributed by atoms with van der Waals surface area (Å²) in [6, 6.07) is 4.95. The second kappa shape index (κ2) is 4.95. The number of aromatic nitrogens is 1. The molecule has 3 heteroatoms. The maximum atomic E-state index is 6.05. The van der Waals surface area contributed by atoms with Crippen LogP contribution >= 0.6 is 11.6 Å². The van der Waals surface area contributed by atoms with Gasteiger partial charge in [0, 0.05) is 23.8 Å². The van der Waals surface area contributed by atoms with Crippen molar-refractivity contribution in [2.45, 2.75) is 44.7 Å². The first-order valence-electron chi connectivity index (χ1n) is 5.64. The largest absolute Gasteiger partial charge is 0.307 e. The van der Waals surface area contributed by atoms with Crippen LogP contribution in [0.25, 0.3) is 0 Å². The van der Waals surface area contributed by atoms with Gasteiger partial charge in [-0.2, -0.15) is 0 Å². The third kappa shape index (κ3) is 2.70. The van der Waals surface area contributed by atoms with Gasteiger partial charge in [0.05, 0.1) is 0 Å². The highest BCUT2D eigenvalue weighted by atomic mass is 35.5. The van der Waals surface area contributed by atoms with E-state index in [-0.39, 0.29) is 0 Å². The highest BCUT2D eigenvalue weighted by Gasteiger charge is 2.18. The van der Waals surface area contributed by atoms with Gasteiger partial charge in [0.15, 0.2) is 0 Å². The standard InChI is InChI=1S/C12H17ClN2/c1-9(15-10-5-2-3-6-10)11-7-4-8-14-12(11)13/h4,7-10,15H,2-3,5-6H2,1H3. The van der Waals surface area contributed by atoms with E-state index in [4.69, 9.17) is 11.6 Å². The third-order valence-electron chi connectivity index (χ3n) is 3.10. The lowest BCUT2D eigenvalue weighted by molar-refractivity contribution is 0.461. The molecule has 0 aliphatic heterocycles. The zero-order chi connectivity index (χ0) is 10.7. The Bertz CT molecular complexity index is 321. The van der Waals surface area contributed by atoms with Crippen LogP contribution in [0, 0.1) is 0 Å². The second-order valence-electron chi connectivity index (χ2n) is 4.25. The molecule has 1 fully saturated rings. The van der Waals surface area contributed by atoms with Crippen LogP contribution in [-0.4, -0.2) is 11.0 Å². The Morgan fingerprint density at radius 3 is 2.87 bits per heavy atom. The first-order chi connectivity index (χ1) is 7.27. The van der Waals surface area contributed by atoms with E-state index in [9.17, 15) is 0 Å². The molecule has 82 valence electrons. The number of hydrogen-bond acceptors (Lipinski definition) is 2. The fourth-order valence-electron chi connectivity index (χ4n) is 2.26. The fraction of sp³-hybridized carbons (Fsp3) is 0.583. The van der Waals surface area contributed by atoms with Gasteiger partial charge in [-0.05, 0) is 25.8 Å². The van der Waals surface area contributed by atoms with Crippen molar-refractivity contribution in [2.24, 2.45) is 0 Å². The van der Waals surface area contributed by atoms with Crippen molar-refractivity contribution in [1.82, 2.24) is 10.3 Å². The summed E-state index contributed by atoms with van der Waals surface area (Å²) in [6.45, 7) is 2.15. The molecule has 15 heavy (non-hydrogen) atoms. The van der Waals surface area contributed by atoms with Gasteiger partial charge < -0.3 is 5.32 Å². The molecule has 0 bridgehead atoms. The SMILES string of the molecule is CC(NC1CCCC1)c1cccnc1Cl. The highest BCUT2D eigenvalue weighted by molar-refractivity contribution is 6.30. The Kier molecular flexibility index (Phi) is 3.60. The van der Waals surface area contributed by atoms with E-state index in [0.717, 1.165) is 5.56 Å². The Morgan fingerprint density at radius 2 is 2.20 bits per heavy atom. The van der Waals surface area contributed by atoms with Crippen LogP contribution in [0.15, 0.2) is 18.3 Å². The number of hydrogen-bond donors (Lipinski definition) is 1. The lowest BCUT2D eigenvalue weighted by Gasteiger charge is -2.19. The number of pyridine rings is 1. The van der Waals surface area contributed by atoms with Crippen molar-refractivity contribution in [3.63, 3.8) is 0 Å². The second-order valence-corrected chi connectivity index (χ2v) is 4.61. The number of nitrogens with zero attached hydrogens (tertiary/aromatic N) is 1. The molecule has 2 rings (SSSR count). The zero-order valence-electron chi connectivity index (χ0n) is 9.04. The molecule has 1 heterocycles. The van der Waals surface area contributed by atoms with E-state index >= 15 is 0 Å². The average Bonchev–Trinajstić information content (AvgIpc) is 2.71. The molecule has 1 atom stereocenters. The van der Waals surface area contributed by atoms with E-state index in [2.05, 4.69) is 17.2 Å². The van der Waals surface area contributed by atoms with Crippen molar-refractivity contribution in [2.75, 3.05) is 0 Å². The maximum Gasteiger partial charge on any atom is 0.133 e. The average molecular weight is 225 g/mol. The smallest absolute Gasteiger partial charge is 0.133 e. The van der Waals surface area contributed by atoms with Crippen molar-refractivity contribution < 1.29 is 0 Å². The van der Waals surface area contributed by atoms with Crippen molar-refractivity contribution >= 4 is 11.6 Å². The minimum atomic E-state index is 0.300. The molecule has 2 nitrogen and oxygen atoms in total. The molecule has 0 spiro atoms. The minimum Gasteiger partial charge on any atom is -0.307 e. The van der Waals surface area contributed by atoms with Gasteiger partial charge in [0.25, 0.3) is 0 Å². The van der Waals surface area contributed by atoms with E-state index in [1.807, 2.05) is 12.1 Å². The van der Waals surface area contributed by atoms with E-state index in [1.165, 1.54) is 25.7 Å². The maximum absolute atomic E-state index is 6.05. The van der Waals surface area contributed by atoms with Gasteiger partial charge in [-0.25, -0.2) is 4.98 Å². The predicted octanol–water partition coefficient (Wildman–Crippen LogP) is 3.33. The zero-order valence-corrected chi connectivity index (χ0v) is 9.80. The predicted molar refractivity (Wildman–Crippen MR) is 63.1 cm³/mol. The molecule has 0 amide bonds. The molecule has 1 N–H and O–H groups in total. The molecule has 1 aliphatic rings. The Balaban J connectivity index is 2.00. The Morgan fingerprint density at radius 1 is 1.47 bits per heavy atom. The quantitative estimate of drug-likeness (QED) is 0.797. The summed E-state index contributed by atoms with van der Waals surface area (Å²) in [5, 5.41) is 4.23. The summed E-state index contributed by atoms with van der Waals surface area (Å²) in [7, 11) is 0. The van der Waals surface area contributed by atoms with Crippen LogP contribution in [-0.2, 0) is 0 Å².